The Morgan fingerprint density at radius 3 is 1.72 bits per heavy atom. The minimum atomic E-state index is -0.159. The van der Waals surface area contributed by atoms with Crippen LogP contribution in [0.3, 0.4) is 0 Å². The summed E-state index contributed by atoms with van der Waals surface area (Å²) in [4.78, 5) is 23.4. The number of hydrogen-bond acceptors (Lipinski definition) is 4. The number of carbonyl (C=O) groups excluding carboxylic acids is 2. The Kier molecular flexibility index (Phi) is 8.66. The molecule has 0 aromatic heterocycles. The molecule has 2 aliphatic carbocycles. The highest BCUT2D eigenvalue weighted by Crippen LogP contribution is 2.16. The van der Waals surface area contributed by atoms with Crippen molar-refractivity contribution in [3.8, 4) is 0 Å². The molecule has 2 aliphatic rings. The summed E-state index contributed by atoms with van der Waals surface area (Å²) < 4.78 is 0. The molecule has 0 aliphatic heterocycles. The average Bonchev–Trinajstić information content (AvgIpc) is 2.63. The zero-order valence-electron chi connectivity index (χ0n) is 14.7. The van der Waals surface area contributed by atoms with E-state index in [9.17, 15) is 9.59 Å². The van der Waals surface area contributed by atoms with Crippen LogP contribution in [0.2, 0.25) is 0 Å². The van der Waals surface area contributed by atoms with Crippen molar-refractivity contribution in [3.63, 3.8) is 0 Å². The van der Waals surface area contributed by atoms with Gasteiger partial charge in [-0.25, -0.2) is 10.9 Å². The molecule has 0 fully saturated rings. The van der Waals surface area contributed by atoms with E-state index < -0.39 is 0 Å². The van der Waals surface area contributed by atoms with E-state index in [0.29, 0.717) is 18.3 Å². The molecule has 0 aromatic carbocycles. The highest BCUT2D eigenvalue weighted by atomic mass is 16.2. The molecule has 0 heterocycles. The monoisotopic (exact) mass is 344 g/mol. The van der Waals surface area contributed by atoms with Gasteiger partial charge in [0.05, 0.1) is 0 Å². The summed E-state index contributed by atoms with van der Waals surface area (Å²) in [6.45, 7) is 0. The number of amides is 2. The van der Waals surface area contributed by atoms with Crippen LogP contribution in [-0.4, -0.2) is 24.2 Å². The van der Waals surface area contributed by atoms with E-state index in [1.807, 2.05) is 12.4 Å². The lowest BCUT2D eigenvalue weighted by Crippen LogP contribution is -2.21. The third kappa shape index (κ3) is 8.42. The molecule has 6 heteroatoms. The summed E-state index contributed by atoms with van der Waals surface area (Å²) in [5.41, 5.74) is 5.06. The number of rotatable bonds is 8. The summed E-state index contributed by atoms with van der Waals surface area (Å²) >= 11 is 0. The molecule has 136 valence electrons. The molecule has 0 radical (unpaired) electrons. The van der Waals surface area contributed by atoms with Crippen LogP contribution in [-0.2, 0) is 9.59 Å². The van der Waals surface area contributed by atoms with E-state index in [2.05, 4.69) is 45.4 Å². The third-order valence-corrected chi connectivity index (χ3v) is 4.38. The van der Waals surface area contributed by atoms with E-state index in [-0.39, 0.29) is 24.7 Å². The zero-order valence-corrected chi connectivity index (χ0v) is 14.7. The molecule has 0 saturated heterocycles. The highest BCUT2D eigenvalue weighted by Gasteiger charge is 2.08. The Morgan fingerprint density at radius 1 is 0.840 bits per heavy atom. The summed E-state index contributed by atoms with van der Waals surface area (Å²) in [6.07, 6.45) is 19.6. The van der Waals surface area contributed by atoms with Gasteiger partial charge >= 0.3 is 0 Å². The molecule has 2 rings (SSSR count). The second kappa shape index (κ2) is 11.3. The van der Waals surface area contributed by atoms with Gasteiger partial charge in [-0.15, -0.1) is 0 Å². The normalized spacial score (nSPS) is 23.2. The van der Waals surface area contributed by atoms with Crippen molar-refractivity contribution < 1.29 is 9.59 Å². The summed E-state index contributed by atoms with van der Waals surface area (Å²) in [7, 11) is 0. The molecule has 0 aromatic rings. The fourth-order valence-corrected chi connectivity index (χ4v) is 2.86. The lowest BCUT2D eigenvalue weighted by atomic mass is 9.96. The van der Waals surface area contributed by atoms with Crippen LogP contribution in [0.4, 0.5) is 0 Å². The van der Waals surface area contributed by atoms with Gasteiger partial charge in [0, 0.05) is 25.3 Å². The van der Waals surface area contributed by atoms with Gasteiger partial charge in [0.2, 0.25) is 11.8 Å². The highest BCUT2D eigenvalue weighted by molar-refractivity contribution is 5.79. The van der Waals surface area contributed by atoms with Crippen molar-refractivity contribution in [2.75, 3.05) is 0 Å². The first-order valence-corrected chi connectivity index (χ1v) is 9.18. The standard InChI is InChI=1S/C19H28N4O2/c24-18(22-20-14-16-8-3-1-4-9-16)12-7-13-19(25)23-21-15-17-10-5-2-6-11-17/h1-3,5,14-17H,4,6-13H2,(H,22,24)(H,23,25)/b20-14-,21-15+/t16-,17+/m0/s1. The zero-order chi connectivity index (χ0) is 17.7. The van der Waals surface area contributed by atoms with Crippen molar-refractivity contribution in [3.05, 3.63) is 24.3 Å². The summed E-state index contributed by atoms with van der Waals surface area (Å²) in [5.74, 6) is 0.503. The van der Waals surface area contributed by atoms with Gasteiger partial charge in [-0.1, -0.05) is 24.3 Å². The predicted molar refractivity (Wildman–Crippen MR) is 100 cm³/mol. The Balaban J connectivity index is 1.52. The fourth-order valence-electron chi connectivity index (χ4n) is 2.86. The topological polar surface area (TPSA) is 82.9 Å². The maximum atomic E-state index is 11.7. The maximum Gasteiger partial charge on any atom is 0.240 e. The first-order valence-electron chi connectivity index (χ1n) is 9.18. The smallest absolute Gasteiger partial charge is 0.240 e. The second-order valence-electron chi connectivity index (χ2n) is 6.57. The van der Waals surface area contributed by atoms with Crippen molar-refractivity contribution in [2.45, 2.75) is 57.8 Å². The molecule has 6 nitrogen and oxygen atoms in total. The van der Waals surface area contributed by atoms with Crippen LogP contribution in [0.5, 0.6) is 0 Å². The van der Waals surface area contributed by atoms with Crippen molar-refractivity contribution in [1.29, 1.82) is 0 Å². The molecule has 0 unspecified atom stereocenters. The largest absolute Gasteiger partial charge is 0.273 e. The Labute approximate surface area is 149 Å². The second-order valence-corrected chi connectivity index (χ2v) is 6.57. The van der Waals surface area contributed by atoms with Gasteiger partial charge < -0.3 is 0 Å². The van der Waals surface area contributed by atoms with E-state index in [0.717, 1.165) is 38.5 Å². The van der Waals surface area contributed by atoms with Crippen LogP contribution < -0.4 is 10.9 Å². The molecule has 2 N–H and O–H groups in total. The first kappa shape index (κ1) is 19.1. The number of nitrogens with one attached hydrogen (secondary N) is 2. The van der Waals surface area contributed by atoms with Crippen molar-refractivity contribution in [1.82, 2.24) is 10.9 Å². The van der Waals surface area contributed by atoms with Gasteiger partial charge in [-0.2, -0.15) is 10.2 Å². The van der Waals surface area contributed by atoms with Gasteiger partial charge in [-0.05, 0) is 56.8 Å². The van der Waals surface area contributed by atoms with Gasteiger partial charge in [0.15, 0.2) is 0 Å². The van der Waals surface area contributed by atoms with Crippen molar-refractivity contribution in [2.24, 2.45) is 22.0 Å². The molecule has 0 bridgehead atoms. The van der Waals surface area contributed by atoms with Crippen LogP contribution in [0.15, 0.2) is 34.5 Å². The lowest BCUT2D eigenvalue weighted by Gasteiger charge is -2.11. The Hall–Kier alpha value is -2.24. The number of allylic oxidation sites excluding steroid dienone is 4. The number of nitrogens with zero attached hydrogens (tertiary/aromatic N) is 2. The summed E-state index contributed by atoms with van der Waals surface area (Å²) in [6, 6.07) is 0. The van der Waals surface area contributed by atoms with E-state index in [1.54, 1.807) is 0 Å². The van der Waals surface area contributed by atoms with E-state index in [4.69, 9.17) is 0 Å². The molecular weight excluding hydrogens is 316 g/mol. The van der Waals surface area contributed by atoms with Gasteiger partial charge in [0.25, 0.3) is 0 Å². The van der Waals surface area contributed by atoms with Crippen LogP contribution >= 0.6 is 0 Å². The molecule has 25 heavy (non-hydrogen) atoms. The third-order valence-electron chi connectivity index (χ3n) is 4.38. The molecular formula is C19H28N4O2. The average molecular weight is 344 g/mol. The van der Waals surface area contributed by atoms with E-state index in [1.165, 1.54) is 0 Å². The van der Waals surface area contributed by atoms with Crippen LogP contribution in [0, 0.1) is 11.8 Å². The first-order chi connectivity index (χ1) is 12.2. The Morgan fingerprint density at radius 2 is 1.32 bits per heavy atom. The SMILES string of the molecule is O=C(CCCC(=O)N/N=C/[C@@H]1CC=CCC1)N/N=C\[C@H]1CC=CCC1. The Bertz CT molecular complexity index is 504. The molecule has 2 amide bonds. The molecule has 0 spiro atoms. The number of carbonyl (C=O) groups is 2. The number of hydrogen-bond donors (Lipinski definition) is 2. The predicted octanol–water partition coefficient (Wildman–Crippen LogP) is 3.07. The quantitative estimate of drug-likeness (QED) is 0.403. The van der Waals surface area contributed by atoms with Crippen LogP contribution in [0.25, 0.3) is 0 Å². The minimum Gasteiger partial charge on any atom is -0.273 e. The minimum absolute atomic E-state index is 0.159. The molecule has 2 atom stereocenters. The molecule has 0 saturated carbocycles. The summed E-state index contributed by atoms with van der Waals surface area (Å²) in [5, 5.41) is 8.01. The van der Waals surface area contributed by atoms with E-state index >= 15 is 0 Å². The fraction of sp³-hybridized carbons (Fsp3) is 0.579. The maximum absolute atomic E-state index is 11.7. The lowest BCUT2D eigenvalue weighted by molar-refractivity contribution is -0.122. The number of hydrazone groups is 2. The van der Waals surface area contributed by atoms with Gasteiger partial charge in [0.1, 0.15) is 0 Å². The van der Waals surface area contributed by atoms with Crippen molar-refractivity contribution >= 4 is 24.2 Å². The van der Waals surface area contributed by atoms with Gasteiger partial charge in [-0.3, -0.25) is 9.59 Å². The van der Waals surface area contributed by atoms with Crippen LogP contribution in [0.1, 0.15) is 57.8 Å².